The number of methoxy groups -OCH3 is 2. The van der Waals surface area contributed by atoms with Gasteiger partial charge < -0.3 is 9.47 Å². The lowest BCUT2D eigenvalue weighted by Crippen LogP contribution is -2.47. The van der Waals surface area contributed by atoms with Gasteiger partial charge in [0.1, 0.15) is 12.2 Å². The molecule has 0 aliphatic heterocycles. The molecule has 88 valence electrons. The van der Waals surface area contributed by atoms with Crippen LogP contribution in [0.5, 0.6) is 0 Å². The van der Waals surface area contributed by atoms with Gasteiger partial charge >= 0.3 is 0 Å². The minimum Gasteiger partial charge on any atom is -0.377 e. The molecule has 0 saturated heterocycles. The zero-order valence-electron chi connectivity index (χ0n) is 10.3. The van der Waals surface area contributed by atoms with Gasteiger partial charge in [-0.1, -0.05) is 13.8 Å². The maximum atomic E-state index is 11.9. The Balaban J connectivity index is 2.68. The lowest BCUT2D eigenvalue weighted by Gasteiger charge is -2.41. The Kier molecular flexibility index (Phi) is 3.90. The van der Waals surface area contributed by atoms with Crippen LogP contribution in [-0.4, -0.2) is 32.2 Å². The smallest absolute Gasteiger partial charge is 0.190 e. The molecule has 0 bridgehead atoms. The Morgan fingerprint density at radius 1 is 1.13 bits per heavy atom. The fraction of sp³-hybridized carbons (Fsp3) is 0.917. The van der Waals surface area contributed by atoms with Crippen LogP contribution in [-0.2, 0) is 14.3 Å². The molecule has 1 rings (SSSR count). The van der Waals surface area contributed by atoms with Crippen LogP contribution in [0.3, 0.4) is 0 Å². The SMILES string of the molecule is COCC(=O)C1(OC)CCC(C)(C)CC1. The molecular weight excluding hydrogens is 192 g/mol. The third kappa shape index (κ3) is 2.79. The van der Waals surface area contributed by atoms with E-state index >= 15 is 0 Å². The van der Waals surface area contributed by atoms with Crippen LogP contribution in [0.2, 0.25) is 0 Å². The van der Waals surface area contributed by atoms with E-state index in [9.17, 15) is 4.79 Å². The number of Topliss-reactive ketones (excluding diaryl/α,β-unsaturated/α-hetero) is 1. The van der Waals surface area contributed by atoms with E-state index in [1.165, 1.54) is 0 Å². The summed E-state index contributed by atoms with van der Waals surface area (Å²) in [5.74, 6) is 0.0861. The molecule has 0 atom stereocenters. The first-order chi connectivity index (χ1) is 6.96. The zero-order chi connectivity index (χ0) is 11.5. The fourth-order valence-corrected chi connectivity index (χ4v) is 2.19. The van der Waals surface area contributed by atoms with E-state index in [-0.39, 0.29) is 12.4 Å². The van der Waals surface area contributed by atoms with Crippen molar-refractivity contribution in [3.63, 3.8) is 0 Å². The zero-order valence-corrected chi connectivity index (χ0v) is 10.3. The third-order valence-corrected chi connectivity index (χ3v) is 3.59. The molecule has 0 heterocycles. The van der Waals surface area contributed by atoms with Crippen molar-refractivity contribution < 1.29 is 14.3 Å². The van der Waals surface area contributed by atoms with Crippen LogP contribution < -0.4 is 0 Å². The number of ether oxygens (including phenoxy) is 2. The molecule has 0 unspecified atom stereocenters. The van der Waals surface area contributed by atoms with Crippen molar-refractivity contribution in [1.82, 2.24) is 0 Å². The molecule has 0 spiro atoms. The molecule has 1 aliphatic carbocycles. The van der Waals surface area contributed by atoms with E-state index in [1.807, 2.05) is 0 Å². The van der Waals surface area contributed by atoms with Crippen molar-refractivity contribution >= 4 is 5.78 Å². The first-order valence-corrected chi connectivity index (χ1v) is 5.53. The summed E-state index contributed by atoms with van der Waals surface area (Å²) in [7, 11) is 3.18. The van der Waals surface area contributed by atoms with Crippen LogP contribution in [0.1, 0.15) is 39.5 Å². The Morgan fingerprint density at radius 3 is 2.07 bits per heavy atom. The molecule has 0 aromatic carbocycles. The topological polar surface area (TPSA) is 35.5 Å². The second kappa shape index (κ2) is 4.62. The maximum absolute atomic E-state index is 11.9. The van der Waals surface area contributed by atoms with Gasteiger partial charge in [-0.05, 0) is 31.1 Å². The molecule has 1 fully saturated rings. The fourth-order valence-electron chi connectivity index (χ4n) is 2.19. The predicted octanol–water partition coefficient (Wildman–Crippen LogP) is 2.19. The lowest BCUT2D eigenvalue weighted by molar-refractivity contribution is -0.151. The number of hydrogen-bond acceptors (Lipinski definition) is 3. The monoisotopic (exact) mass is 214 g/mol. The molecular formula is C12H22O3. The summed E-state index contributed by atoms with van der Waals surface area (Å²) in [5, 5.41) is 0. The van der Waals surface area contributed by atoms with Crippen molar-refractivity contribution in [2.45, 2.75) is 45.1 Å². The number of rotatable bonds is 4. The Hall–Kier alpha value is -0.410. The molecule has 1 aliphatic rings. The van der Waals surface area contributed by atoms with E-state index in [0.29, 0.717) is 5.41 Å². The number of ketones is 1. The Morgan fingerprint density at radius 2 is 1.67 bits per heavy atom. The quantitative estimate of drug-likeness (QED) is 0.719. The van der Waals surface area contributed by atoms with Crippen molar-refractivity contribution in [3.05, 3.63) is 0 Å². The first kappa shape index (κ1) is 12.7. The van der Waals surface area contributed by atoms with Crippen molar-refractivity contribution in [3.8, 4) is 0 Å². The van der Waals surface area contributed by atoms with E-state index in [1.54, 1.807) is 14.2 Å². The van der Waals surface area contributed by atoms with Gasteiger partial charge in [-0.3, -0.25) is 4.79 Å². The van der Waals surface area contributed by atoms with Crippen molar-refractivity contribution in [2.24, 2.45) is 5.41 Å². The summed E-state index contributed by atoms with van der Waals surface area (Å²) in [4.78, 5) is 11.9. The lowest BCUT2D eigenvalue weighted by atomic mass is 9.69. The summed E-state index contributed by atoms with van der Waals surface area (Å²) in [6, 6.07) is 0. The molecule has 0 N–H and O–H groups in total. The van der Waals surface area contributed by atoms with Crippen LogP contribution >= 0.6 is 0 Å². The van der Waals surface area contributed by atoms with Crippen LogP contribution in [0.4, 0.5) is 0 Å². The molecule has 0 amide bonds. The Labute approximate surface area is 92.1 Å². The third-order valence-electron chi connectivity index (χ3n) is 3.59. The largest absolute Gasteiger partial charge is 0.377 e. The van der Waals surface area contributed by atoms with Gasteiger partial charge in [0.2, 0.25) is 0 Å². The van der Waals surface area contributed by atoms with Gasteiger partial charge in [0.25, 0.3) is 0 Å². The predicted molar refractivity (Wildman–Crippen MR) is 58.9 cm³/mol. The highest BCUT2D eigenvalue weighted by molar-refractivity contribution is 5.88. The van der Waals surface area contributed by atoms with E-state index in [2.05, 4.69) is 13.8 Å². The van der Waals surface area contributed by atoms with E-state index in [4.69, 9.17) is 9.47 Å². The minimum atomic E-state index is -0.578. The molecule has 0 aromatic heterocycles. The molecule has 3 heteroatoms. The molecule has 3 nitrogen and oxygen atoms in total. The summed E-state index contributed by atoms with van der Waals surface area (Å²) in [5.41, 5.74) is -0.235. The van der Waals surface area contributed by atoms with E-state index in [0.717, 1.165) is 25.7 Å². The van der Waals surface area contributed by atoms with Crippen molar-refractivity contribution in [2.75, 3.05) is 20.8 Å². The number of carbonyl (C=O) groups excluding carboxylic acids is 1. The standard InChI is InChI=1S/C12H22O3/c1-11(2)5-7-12(15-4,8-6-11)10(13)9-14-3/h5-9H2,1-4H3. The average molecular weight is 214 g/mol. The number of carbonyl (C=O) groups is 1. The summed E-state index contributed by atoms with van der Waals surface area (Å²) in [6.07, 6.45) is 3.71. The van der Waals surface area contributed by atoms with Gasteiger partial charge in [0, 0.05) is 14.2 Å². The molecule has 15 heavy (non-hydrogen) atoms. The highest BCUT2D eigenvalue weighted by Crippen LogP contribution is 2.42. The first-order valence-electron chi connectivity index (χ1n) is 5.53. The van der Waals surface area contributed by atoms with Gasteiger partial charge in [0.15, 0.2) is 5.78 Å². The second-order valence-electron chi connectivity index (χ2n) is 5.22. The van der Waals surface area contributed by atoms with Gasteiger partial charge in [0.05, 0.1) is 0 Å². The Bertz CT molecular complexity index is 223. The normalized spacial score (nSPS) is 23.7. The van der Waals surface area contributed by atoms with Gasteiger partial charge in [-0.2, -0.15) is 0 Å². The highest BCUT2D eigenvalue weighted by atomic mass is 16.5. The second-order valence-corrected chi connectivity index (χ2v) is 5.22. The average Bonchev–Trinajstić information content (AvgIpc) is 2.19. The van der Waals surface area contributed by atoms with Crippen molar-refractivity contribution in [1.29, 1.82) is 0 Å². The molecule has 0 aromatic rings. The number of hydrogen-bond donors (Lipinski definition) is 0. The molecule has 0 radical (unpaired) electrons. The maximum Gasteiger partial charge on any atom is 0.190 e. The van der Waals surface area contributed by atoms with Crippen LogP contribution in [0, 0.1) is 5.41 Å². The summed E-state index contributed by atoms with van der Waals surface area (Å²) < 4.78 is 10.4. The molecule has 1 saturated carbocycles. The van der Waals surface area contributed by atoms with Crippen LogP contribution in [0.15, 0.2) is 0 Å². The van der Waals surface area contributed by atoms with Gasteiger partial charge in [-0.15, -0.1) is 0 Å². The summed E-state index contributed by atoms with van der Waals surface area (Å²) in [6.45, 7) is 4.65. The van der Waals surface area contributed by atoms with Gasteiger partial charge in [-0.25, -0.2) is 0 Å². The highest BCUT2D eigenvalue weighted by Gasteiger charge is 2.43. The van der Waals surface area contributed by atoms with Crippen LogP contribution in [0.25, 0.3) is 0 Å². The van der Waals surface area contributed by atoms with E-state index < -0.39 is 5.60 Å². The minimum absolute atomic E-state index is 0.0861. The summed E-state index contributed by atoms with van der Waals surface area (Å²) >= 11 is 0.